The fourth-order valence-electron chi connectivity index (χ4n) is 3.17. The van der Waals surface area contributed by atoms with Crippen LogP contribution >= 0.6 is 0 Å². The Hall–Kier alpha value is -0.646. The Morgan fingerprint density at radius 1 is 0.857 bits per heavy atom. The van der Waals surface area contributed by atoms with Gasteiger partial charge >= 0.3 is 0 Å². The Kier molecular flexibility index (Phi) is 7.11. The van der Waals surface area contributed by atoms with Crippen LogP contribution in [-0.2, 0) is 4.12 Å². The molecule has 1 nitrogen and oxygen atoms in total. The Labute approximate surface area is 133 Å². The summed E-state index contributed by atoms with van der Waals surface area (Å²) in [5, 5.41) is 1.46. The van der Waals surface area contributed by atoms with Crippen molar-refractivity contribution in [2.24, 2.45) is 0 Å². The first kappa shape index (κ1) is 18.4. The molecule has 0 aliphatic carbocycles. The smallest absolute Gasteiger partial charge is 0.211 e. The third-order valence-electron chi connectivity index (χ3n) is 5.16. The molecule has 0 N–H and O–H groups in total. The van der Waals surface area contributed by atoms with Crippen molar-refractivity contribution in [3.63, 3.8) is 0 Å². The van der Waals surface area contributed by atoms with E-state index in [9.17, 15) is 0 Å². The molecule has 118 valence electrons. The number of hydrogen-bond donors (Lipinski definition) is 0. The SMILES string of the molecule is C=Cc1ccc([Si](CC)(CC)O[Si](CC)(CC)CC)cc1. The van der Waals surface area contributed by atoms with Gasteiger partial charge in [-0.25, -0.2) is 0 Å². The van der Waals surface area contributed by atoms with Crippen molar-refractivity contribution in [1.82, 2.24) is 0 Å². The van der Waals surface area contributed by atoms with E-state index in [-0.39, 0.29) is 0 Å². The van der Waals surface area contributed by atoms with Crippen LogP contribution in [0.2, 0.25) is 30.2 Å². The maximum atomic E-state index is 7.08. The van der Waals surface area contributed by atoms with E-state index in [1.807, 2.05) is 6.08 Å². The Morgan fingerprint density at radius 3 is 1.67 bits per heavy atom. The summed E-state index contributed by atoms with van der Waals surface area (Å²) >= 11 is 0. The molecular weight excluding hydrogens is 288 g/mol. The highest BCUT2D eigenvalue weighted by atomic mass is 28.4. The summed E-state index contributed by atoms with van der Waals surface area (Å²) < 4.78 is 7.08. The Balaban J connectivity index is 3.20. The van der Waals surface area contributed by atoms with E-state index in [0.29, 0.717) is 0 Å². The van der Waals surface area contributed by atoms with E-state index in [0.717, 1.165) is 0 Å². The van der Waals surface area contributed by atoms with Crippen molar-refractivity contribution in [1.29, 1.82) is 0 Å². The first-order chi connectivity index (χ1) is 10.0. The van der Waals surface area contributed by atoms with Gasteiger partial charge in [0, 0.05) is 0 Å². The molecule has 1 aromatic carbocycles. The highest BCUT2D eigenvalue weighted by molar-refractivity contribution is 6.94. The predicted octanol–water partition coefficient (Wildman–Crippen LogP) is 5.54. The molecule has 0 saturated heterocycles. The van der Waals surface area contributed by atoms with Gasteiger partial charge in [-0.05, 0) is 41.0 Å². The van der Waals surface area contributed by atoms with Crippen molar-refractivity contribution in [2.75, 3.05) is 0 Å². The van der Waals surface area contributed by atoms with Gasteiger partial charge in [-0.3, -0.25) is 0 Å². The second-order valence-corrected chi connectivity index (χ2v) is 15.2. The maximum Gasteiger partial charge on any atom is 0.211 e. The van der Waals surface area contributed by atoms with Crippen LogP contribution in [0, 0.1) is 0 Å². The summed E-state index contributed by atoms with van der Waals surface area (Å²) in [6, 6.07) is 15.0. The van der Waals surface area contributed by atoms with Gasteiger partial charge in [0.1, 0.15) is 0 Å². The second-order valence-electron chi connectivity index (χ2n) is 5.87. The number of benzene rings is 1. The molecule has 0 saturated carbocycles. The van der Waals surface area contributed by atoms with E-state index in [1.54, 1.807) is 0 Å². The van der Waals surface area contributed by atoms with Crippen LogP contribution in [0.3, 0.4) is 0 Å². The average molecular weight is 321 g/mol. The van der Waals surface area contributed by atoms with Crippen LogP contribution in [0.4, 0.5) is 0 Å². The van der Waals surface area contributed by atoms with Crippen LogP contribution in [0.1, 0.15) is 40.2 Å². The van der Waals surface area contributed by atoms with Crippen molar-refractivity contribution in [2.45, 2.75) is 64.8 Å². The molecule has 1 aromatic rings. The zero-order valence-corrected chi connectivity index (χ0v) is 16.5. The van der Waals surface area contributed by atoms with Crippen LogP contribution in [0.15, 0.2) is 30.8 Å². The molecule has 0 bridgehead atoms. The molecule has 0 fully saturated rings. The first-order valence-electron chi connectivity index (χ1n) is 8.48. The summed E-state index contributed by atoms with van der Waals surface area (Å²) in [5.41, 5.74) is 1.19. The highest BCUT2D eigenvalue weighted by Gasteiger charge is 2.41. The minimum Gasteiger partial charge on any atom is -0.452 e. The molecule has 0 spiro atoms. The monoisotopic (exact) mass is 320 g/mol. The first-order valence-corrected chi connectivity index (χ1v) is 13.3. The molecule has 0 aromatic heterocycles. The normalized spacial score (nSPS) is 12.4. The zero-order chi connectivity index (χ0) is 15.9. The lowest BCUT2D eigenvalue weighted by Crippen LogP contribution is -2.57. The minimum atomic E-state index is -1.83. The molecule has 1 rings (SSSR count). The van der Waals surface area contributed by atoms with Crippen LogP contribution in [0.25, 0.3) is 6.08 Å². The molecule has 0 atom stereocenters. The van der Waals surface area contributed by atoms with E-state index in [2.05, 4.69) is 65.5 Å². The van der Waals surface area contributed by atoms with Gasteiger partial charge in [0.25, 0.3) is 0 Å². The number of rotatable bonds is 9. The van der Waals surface area contributed by atoms with Gasteiger partial charge in [0.05, 0.1) is 0 Å². The van der Waals surface area contributed by atoms with Gasteiger partial charge < -0.3 is 4.12 Å². The fourth-order valence-corrected chi connectivity index (χ4v) is 13.4. The van der Waals surface area contributed by atoms with Gasteiger partial charge in [-0.1, -0.05) is 71.5 Å². The van der Waals surface area contributed by atoms with Crippen LogP contribution < -0.4 is 5.19 Å². The van der Waals surface area contributed by atoms with Crippen molar-refractivity contribution >= 4 is 27.9 Å². The highest BCUT2D eigenvalue weighted by Crippen LogP contribution is 2.30. The van der Waals surface area contributed by atoms with Gasteiger partial charge in [0.2, 0.25) is 8.32 Å². The molecule has 0 aliphatic heterocycles. The van der Waals surface area contributed by atoms with Crippen LogP contribution in [0.5, 0.6) is 0 Å². The summed E-state index contributed by atoms with van der Waals surface area (Å²) in [5.74, 6) is 0. The van der Waals surface area contributed by atoms with E-state index < -0.39 is 16.6 Å². The third kappa shape index (κ3) is 3.96. The fraction of sp³-hybridized carbons (Fsp3) is 0.556. The third-order valence-corrected chi connectivity index (χ3v) is 16.0. The predicted molar refractivity (Wildman–Crippen MR) is 101 cm³/mol. The minimum absolute atomic E-state index is 1.17. The van der Waals surface area contributed by atoms with E-state index in [4.69, 9.17) is 4.12 Å². The maximum absolute atomic E-state index is 7.08. The number of hydrogen-bond acceptors (Lipinski definition) is 1. The average Bonchev–Trinajstić information content (AvgIpc) is 2.57. The lowest BCUT2D eigenvalue weighted by molar-refractivity contribution is 0.524. The zero-order valence-electron chi connectivity index (χ0n) is 14.5. The molecular formula is C18H32OSi2. The quantitative estimate of drug-likeness (QED) is 0.542. The molecule has 0 aliphatic rings. The molecule has 0 unspecified atom stereocenters. The lowest BCUT2D eigenvalue weighted by Gasteiger charge is -2.41. The second kappa shape index (κ2) is 8.11. The Morgan fingerprint density at radius 2 is 1.33 bits per heavy atom. The molecule has 0 amide bonds. The summed E-state index contributed by atoms with van der Waals surface area (Å²) in [7, 11) is -3.38. The van der Waals surface area contributed by atoms with E-state index >= 15 is 0 Å². The van der Waals surface area contributed by atoms with Crippen molar-refractivity contribution in [3.05, 3.63) is 36.4 Å². The van der Waals surface area contributed by atoms with Gasteiger partial charge in [-0.2, -0.15) is 0 Å². The topological polar surface area (TPSA) is 9.23 Å². The van der Waals surface area contributed by atoms with E-state index in [1.165, 1.54) is 41.0 Å². The van der Waals surface area contributed by atoms with Crippen LogP contribution in [-0.4, -0.2) is 16.6 Å². The standard InChI is InChI=1S/C18H32OSi2/c1-7-17-13-15-18(16-14-17)21(11-5,12-6)19-20(8-2,9-3)10-4/h7,13-16H,1,8-12H2,2-6H3. The van der Waals surface area contributed by atoms with Crippen molar-refractivity contribution < 1.29 is 4.12 Å². The Bertz CT molecular complexity index is 423. The molecule has 0 heterocycles. The summed E-state index contributed by atoms with van der Waals surface area (Å²) in [4.78, 5) is 0. The van der Waals surface area contributed by atoms with Gasteiger partial charge in [0.15, 0.2) is 8.32 Å². The van der Waals surface area contributed by atoms with Gasteiger partial charge in [-0.15, -0.1) is 0 Å². The molecule has 0 radical (unpaired) electrons. The summed E-state index contributed by atoms with van der Waals surface area (Å²) in [6.45, 7) is 15.5. The summed E-state index contributed by atoms with van der Waals surface area (Å²) in [6.07, 6.45) is 1.91. The molecule has 21 heavy (non-hydrogen) atoms. The molecule has 3 heteroatoms. The lowest BCUT2D eigenvalue weighted by atomic mass is 10.2. The largest absolute Gasteiger partial charge is 0.452 e. The van der Waals surface area contributed by atoms with Crippen molar-refractivity contribution in [3.8, 4) is 0 Å².